The largest absolute Gasteiger partial charge is 0.324 e. The third-order valence-corrected chi connectivity index (χ3v) is 5.14. The van der Waals surface area contributed by atoms with E-state index in [1.807, 2.05) is 26.8 Å². The molecule has 1 aliphatic heterocycles. The zero-order valence-corrected chi connectivity index (χ0v) is 12.2. The number of nitrogens with one attached hydrogen (secondary N) is 1. The standard InChI is InChI=1S/C13H18N2O3S/c1-8-6-9(2)14-10(3)12(8)15-13(16)11-4-5-19(17,18)7-11/h6,11H,4-5,7H2,1-3H3,(H,15,16). The summed E-state index contributed by atoms with van der Waals surface area (Å²) in [6, 6.07) is 1.90. The van der Waals surface area contributed by atoms with E-state index in [1.54, 1.807) is 0 Å². The Hall–Kier alpha value is -1.43. The Bertz CT molecular complexity index is 600. The number of hydrogen-bond acceptors (Lipinski definition) is 4. The molecule has 0 saturated carbocycles. The number of amides is 1. The van der Waals surface area contributed by atoms with Gasteiger partial charge in [-0.1, -0.05) is 0 Å². The fraction of sp³-hybridized carbons (Fsp3) is 0.538. The Morgan fingerprint density at radius 2 is 2.05 bits per heavy atom. The maximum absolute atomic E-state index is 12.1. The van der Waals surface area contributed by atoms with Crippen LogP contribution in [0, 0.1) is 26.7 Å². The summed E-state index contributed by atoms with van der Waals surface area (Å²) in [6.07, 6.45) is 0.408. The Balaban J connectivity index is 2.16. The fourth-order valence-electron chi connectivity index (χ4n) is 2.44. The molecular weight excluding hydrogens is 264 g/mol. The van der Waals surface area contributed by atoms with Gasteiger partial charge in [0.15, 0.2) is 9.84 Å². The molecule has 1 atom stereocenters. The van der Waals surface area contributed by atoms with Crippen molar-refractivity contribution in [2.45, 2.75) is 27.2 Å². The molecule has 2 rings (SSSR count). The topological polar surface area (TPSA) is 76.1 Å². The number of sulfone groups is 1. The lowest BCUT2D eigenvalue weighted by molar-refractivity contribution is -0.119. The molecule has 1 aliphatic rings. The highest BCUT2D eigenvalue weighted by atomic mass is 32.2. The van der Waals surface area contributed by atoms with Crippen molar-refractivity contribution in [2.75, 3.05) is 16.8 Å². The van der Waals surface area contributed by atoms with Crippen molar-refractivity contribution in [3.8, 4) is 0 Å². The first-order chi connectivity index (χ1) is 8.78. The summed E-state index contributed by atoms with van der Waals surface area (Å²) in [6.45, 7) is 5.64. The van der Waals surface area contributed by atoms with Crippen molar-refractivity contribution >= 4 is 21.4 Å². The number of aryl methyl sites for hydroxylation is 3. The van der Waals surface area contributed by atoms with Gasteiger partial charge >= 0.3 is 0 Å². The summed E-state index contributed by atoms with van der Waals surface area (Å²) in [7, 11) is -3.04. The molecule has 1 fully saturated rings. The predicted octanol–water partition coefficient (Wildman–Crippen LogP) is 1.38. The van der Waals surface area contributed by atoms with E-state index in [9.17, 15) is 13.2 Å². The first-order valence-corrected chi connectivity index (χ1v) is 8.07. The minimum Gasteiger partial charge on any atom is -0.324 e. The first kappa shape index (κ1) is 14.0. The molecule has 1 saturated heterocycles. The molecule has 0 aromatic carbocycles. The van der Waals surface area contributed by atoms with Gasteiger partial charge < -0.3 is 5.32 Å². The third-order valence-electron chi connectivity index (χ3n) is 3.38. The molecule has 1 amide bonds. The second kappa shape index (κ2) is 4.92. The monoisotopic (exact) mass is 282 g/mol. The Morgan fingerprint density at radius 3 is 2.58 bits per heavy atom. The van der Waals surface area contributed by atoms with Crippen molar-refractivity contribution in [3.05, 3.63) is 23.0 Å². The lowest BCUT2D eigenvalue weighted by Crippen LogP contribution is -2.24. The molecule has 0 spiro atoms. The van der Waals surface area contributed by atoms with Crippen LogP contribution in [-0.2, 0) is 14.6 Å². The van der Waals surface area contributed by atoms with E-state index in [0.717, 1.165) is 17.0 Å². The van der Waals surface area contributed by atoms with Gasteiger partial charge in [-0.2, -0.15) is 0 Å². The van der Waals surface area contributed by atoms with Crippen LogP contribution in [0.3, 0.4) is 0 Å². The van der Waals surface area contributed by atoms with Gasteiger partial charge in [0.05, 0.1) is 28.8 Å². The van der Waals surface area contributed by atoms with E-state index in [0.29, 0.717) is 12.1 Å². The average Bonchev–Trinajstić information content (AvgIpc) is 2.64. The molecule has 5 nitrogen and oxygen atoms in total. The van der Waals surface area contributed by atoms with Crippen molar-refractivity contribution in [1.29, 1.82) is 0 Å². The third kappa shape index (κ3) is 3.12. The van der Waals surface area contributed by atoms with Gasteiger partial charge in [0.1, 0.15) is 0 Å². The van der Waals surface area contributed by atoms with Crippen molar-refractivity contribution in [2.24, 2.45) is 5.92 Å². The lowest BCUT2D eigenvalue weighted by atomic mass is 10.1. The molecular formula is C13H18N2O3S. The Labute approximate surface area is 113 Å². The number of hydrogen-bond donors (Lipinski definition) is 1. The number of carbonyl (C=O) groups is 1. The molecule has 104 valence electrons. The van der Waals surface area contributed by atoms with Crippen LogP contribution in [0.5, 0.6) is 0 Å². The van der Waals surface area contributed by atoms with Gasteiger partial charge in [0, 0.05) is 5.69 Å². The van der Waals surface area contributed by atoms with Gasteiger partial charge in [0.25, 0.3) is 0 Å². The molecule has 1 unspecified atom stereocenters. The molecule has 1 aromatic rings. The van der Waals surface area contributed by atoms with Crippen LogP contribution in [0.25, 0.3) is 0 Å². The highest BCUT2D eigenvalue weighted by Gasteiger charge is 2.33. The summed E-state index contributed by atoms with van der Waals surface area (Å²) in [5, 5.41) is 2.82. The lowest BCUT2D eigenvalue weighted by Gasteiger charge is -2.14. The fourth-order valence-corrected chi connectivity index (χ4v) is 4.18. The zero-order chi connectivity index (χ0) is 14.2. The zero-order valence-electron chi connectivity index (χ0n) is 11.4. The van der Waals surface area contributed by atoms with Crippen molar-refractivity contribution in [3.63, 3.8) is 0 Å². The number of carbonyl (C=O) groups excluding carboxylic acids is 1. The van der Waals surface area contributed by atoms with Crippen LogP contribution in [0.1, 0.15) is 23.4 Å². The van der Waals surface area contributed by atoms with E-state index in [1.165, 1.54) is 0 Å². The minimum atomic E-state index is -3.04. The summed E-state index contributed by atoms with van der Waals surface area (Å²) in [4.78, 5) is 16.4. The molecule has 1 aromatic heterocycles. The van der Waals surface area contributed by atoms with Crippen LogP contribution in [0.2, 0.25) is 0 Å². The number of anilines is 1. The summed E-state index contributed by atoms with van der Waals surface area (Å²) < 4.78 is 22.8. The number of aromatic nitrogens is 1. The van der Waals surface area contributed by atoms with Crippen LogP contribution in [0.15, 0.2) is 6.07 Å². The summed E-state index contributed by atoms with van der Waals surface area (Å²) >= 11 is 0. The van der Waals surface area contributed by atoms with Crippen molar-refractivity contribution < 1.29 is 13.2 Å². The van der Waals surface area contributed by atoms with Gasteiger partial charge in [-0.25, -0.2) is 8.42 Å². The van der Waals surface area contributed by atoms with Crippen LogP contribution in [0.4, 0.5) is 5.69 Å². The normalized spacial score (nSPS) is 21.3. The highest BCUT2D eigenvalue weighted by molar-refractivity contribution is 7.91. The summed E-state index contributed by atoms with van der Waals surface area (Å²) in [5.74, 6) is -0.603. The maximum Gasteiger partial charge on any atom is 0.228 e. The Morgan fingerprint density at radius 1 is 1.37 bits per heavy atom. The molecule has 0 aliphatic carbocycles. The number of nitrogens with zero attached hydrogens (tertiary/aromatic N) is 1. The SMILES string of the molecule is Cc1cc(C)c(NC(=O)C2CCS(=O)(=O)C2)c(C)n1. The van der Waals surface area contributed by atoms with Gasteiger partial charge in [0.2, 0.25) is 5.91 Å². The predicted molar refractivity (Wildman–Crippen MR) is 73.8 cm³/mol. The maximum atomic E-state index is 12.1. The molecule has 0 radical (unpaired) electrons. The van der Waals surface area contributed by atoms with Crippen molar-refractivity contribution in [1.82, 2.24) is 4.98 Å². The first-order valence-electron chi connectivity index (χ1n) is 6.24. The number of rotatable bonds is 2. The highest BCUT2D eigenvalue weighted by Crippen LogP contribution is 2.23. The van der Waals surface area contributed by atoms with Gasteiger partial charge in [-0.05, 0) is 38.8 Å². The van der Waals surface area contributed by atoms with Crippen LogP contribution in [-0.4, -0.2) is 30.8 Å². The Kier molecular flexibility index (Phi) is 3.62. The van der Waals surface area contributed by atoms with Gasteiger partial charge in [-0.3, -0.25) is 9.78 Å². The van der Waals surface area contributed by atoms with Crippen LogP contribution < -0.4 is 5.32 Å². The molecule has 2 heterocycles. The molecule has 19 heavy (non-hydrogen) atoms. The van der Waals surface area contributed by atoms with Gasteiger partial charge in [-0.15, -0.1) is 0 Å². The molecule has 0 bridgehead atoms. The van der Waals surface area contributed by atoms with E-state index in [-0.39, 0.29) is 17.4 Å². The minimum absolute atomic E-state index is 0.0454. The second-order valence-electron chi connectivity index (χ2n) is 5.13. The van der Waals surface area contributed by atoms with E-state index in [4.69, 9.17) is 0 Å². The molecule has 1 N–H and O–H groups in total. The quantitative estimate of drug-likeness (QED) is 0.889. The smallest absolute Gasteiger partial charge is 0.228 e. The van der Waals surface area contributed by atoms with E-state index in [2.05, 4.69) is 10.3 Å². The number of pyridine rings is 1. The molecule has 6 heteroatoms. The van der Waals surface area contributed by atoms with Crippen LogP contribution >= 0.6 is 0 Å². The average molecular weight is 282 g/mol. The summed E-state index contributed by atoms with van der Waals surface area (Å²) in [5.41, 5.74) is 3.29. The van der Waals surface area contributed by atoms with E-state index >= 15 is 0 Å². The van der Waals surface area contributed by atoms with E-state index < -0.39 is 15.8 Å². The second-order valence-corrected chi connectivity index (χ2v) is 7.36.